The predicted molar refractivity (Wildman–Crippen MR) is 132 cm³/mol. The second-order valence-electron chi connectivity index (χ2n) is 9.87. The van der Waals surface area contributed by atoms with Crippen molar-refractivity contribution < 1.29 is 17.6 Å². The number of fused-ring (bicyclic) bond motifs is 3. The Bertz CT molecular complexity index is 1170. The molecule has 35 heavy (non-hydrogen) atoms. The summed E-state index contributed by atoms with van der Waals surface area (Å²) < 4.78 is 58.4. The van der Waals surface area contributed by atoms with Crippen LogP contribution in [0.4, 0.5) is 23.2 Å². The number of alkyl halides is 2. The lowest BCUT2D eigenvalue weighted by Gasteiger charge is -2.37. The molecule has 1 unspecified atom stereocenters. The molecule has 1 aliphatic carbocycles. The SMILES string of the molecule is CN(CCNCCCF)c1cc(F)c(C2c3[nH]c4ccccc4c3CCN2CC2(F)CC2)c(F)c1. The van der Waals surface area contributed by atoms with E-state index in [0.29, 0.717) is 57.5 Å². The highest BCUT2D eigenvalue weighted by Gasteiger charge is 2.47. The van der Waals surface area contributed by atoms with Gasteiger partial charge in [0.05, 0.1) is 12.7 Å². The maximum Gasteiger partial charge on any atom is 0.133 e. The van der Waals surface area contributed by atoms with Crippen molar-refractivity contribution in [2.24, 2.45) is 0 Å². The van der Waals surface area contributed by atoms with Crippen molar-refractivity contribution in [1.29, 1.82) is 0 Å². The number of nitrogens with one attached hydrogen (secondary N) is 2. The minimum absolute atomic E-state index is 0.0417. The molecule has 3 aromatic rings. The van der Waals surface area contributed by atoms with Crippen LogP contribution in [0, 0.1) is 11.6 Å². The van der Waals surface area contributed by atoms with Crippen LogP contribution in [0.1, 0.15) is 42.1 Å². The molecule has 2 aliphatic rings. The van der Waals surface area contributed by atoms with Crippen LogP contribution in [0.25, 0.3) is 10.9 Å². The monoisotopic (exact) mass is 488 g/mol. The Hall–Kier alpha value is -2.58. The van der Waals surface area contributed by atoms with Gasteiger partial charge in [0.15, 0.2) is 0 Å². The summed E-state index contributed by atoms with van der Waals surface area (Å²) in [6.45, 7) is 1.99. The highest BCUT2D eigenvalue weighted by Crippen LogP contribution is 2.46. The van der Waals surface area contributed by atoms with Gasteiger partial charge in [0.2, 0.25) is 0 Å². The van der Waals surface area contributed by atoms with Crippen molar-refractivity contribution in [2.75, 3.05) is 51.3 Å². The largest absolute Gasteiger partial charge is 0.373 e. The molecule has 1 fully saturated rings. The Kier molecular flexibility index (Phi) is 6.77. The maximum atomic E-state index is 15.7. The number of aromatic amines is 1. The summed E-state index contributed by atoms with van der Waals surface area (Å²) in [6, 6.07) is 9.85. The number of para-hydroxylation sites is 1. The van der Waals surface area contributed by atoms with E-state index < -0.39 is 23.3 Å². The molecule has 2 aromatic carbocycles. The first-order chi connectivity index (χ1) is 16.9. The van der Waals surface area contributed by atoms with Gasteiger partial charge in [0, 0.05) is 61.1 Å². The summed E-state index contributed by atoms with van der Waals surface area (Å²) >= 11 is 0. The Labute approximate surface area is 203 Å². The second-order valence-corrected chi connectivity index (χ2v) is 9.87. The zero-order valence-electron chi connectivity index (χ0n) is 20.0. The lowest BCUT2D eigenvalue weighted by atomic mass is 9.91. The molecule has 1 aliphatic heterocycles. The molecule has 0 radical (unpaired) electrons. The van der Waals surface area contributed by atoms with E-state index >= 15 is 8.78 Å². The Morgan fingerprint density at radius 3 is 2.60 bits per heavy atom. The van der Waals surface area contributed by atoms with E-state index in [1.54, 1.807) is 11.9 Å². The van der Waals surface area contributed by atoms with E-state index in [0.717, 1.165) is 22.2 Å². The normalized spacial score (nSPS) is 19.2. The van der Waals surface area contributed by atoms with Gasteiger partial charge in [-0.3, -0.25) is 9.29 Å². The highest BCUT2D eigenvalue weighted by molar-refractivity contribution is 5.85. The van der Waals surface area contributed by atoms with Gasteiger partial charge in [-0.15, -0.1) is 0 Å². The summed E-state index contributed by atoms with van der Waals surface area (Å²) in [7, 11) is 1.77. The number of likely N-dealkylation sites (N-methyl/N-ethyl adjacent to an activating group) is 1. The summed E-state index contributed by atoms with van der Waals surface area (Å²) in [4.78, 5) is 7.06. The van der Waals surface area contributed by atoms with Crippen LogP contribution < -0.4 is 10.2 Å². The van der Waals surface area contributed by atoms with Gasteiger partial charge in [-0.2, -0.15) is 0 Å². The summed E-state index contributed by atoms with van der Waals surface area (Å²) in [5.41, 5.74) is 1.83. The first-order valence-corrected chi connectivity index (χ1v) is 12.4. The molecule has 4 nitrogen and oxygen atoms in total. The predicted octanol–water partition coefficient (Wildman–Crippen LogP) is 5.28. The number of benzene rings is 2. The van der Waals surface area contributed by atoms with Gasteiger partial charge >= 0.3 is 0 Å². The van der Waals surface area contributed by atoms with Gasteiger partial charge in [0.25, 0.3) is 0 Å². The molecule has 1 saturated carbocycles. The average Bonchev–Trinajstić information content (AvgIpc) is 3.44. The molecule has 1 aromatic heterocycles. The highest BCUT2D eigenvalue weighted by atomic mass is 19.1. The molecule has 188 valence electrons. The Morgan fingerprint density at radius 1 is 1.14 bits per heavy atom. The Morgan fingerprint density at radius 2 is 1.89 bits per heavy atom. The van der Waals surface area contributed by atoms with Crippen molar-refractivity contribution in [3.05, 3.63) is 64.9 Å². The number of anilines is 1. The number of hydrogen-bond donors (Lipinski definition) is 2. The minimum atomic E-state index is -1.27. The van der Waals surface area contributed by atoms with E-state index in [1.165, 1.54) is 12.1 Å². The summed E-state index contributed by atoms with van der Waals surface area (Å²) in [6.07, 6.45) is 2.12. The van der Waals surface area contributed by atoms with E-state index in [4.69, 9.17) is 0 Å². The fraction of sp³-hybridized carbons (Fsp3) is 0.481. The van der Waals surface area contributed by atoms with Gasteiger partial charge in [-0.05, 0) is 56.0 Å². The molecular weight excluding hydrogens is 456 g/mol. The van der Waals surface area contributed by atoms with Crippen LogP contribution in [0.5, 0.6) is 0 Å². The lowest BCUT2D eigenvalue weighted by Crippen LogP contribution is -2.41. The molecule has 1 atom stereocenters. The fourth-order valence-electron chi connectivity index (χ4n) is 5.19. The van der Waals surface area contributed by atoms with Crippen LogP contribution in [0.2, 0.25) is 0 Å². The van der Waals surface area contributed by atoms with E-state index in [9.17, 15) is 8.78 Å². The van der Waals surface area contributed by atoms with Crippen LogP contribution >= 0.6 is 0 Å². The molecule has 0 spiro atoms. The van der Waals surface area contributed by atoms with Crippen LogP contribution in [0.15, 0.2) is 36.4 Å². The zero-order valence-corrected chi connectivity index (χ0v) is 20.0. The Balaban J connectivity index is 1.47. The van der Waals surface area contributed by atoms with E-state index in [2.05, 4.69) is 10.3 Å². The number of aromatic nitrogens is 1. The zero-order chi connectivity index (χ0) is 24.6. The van der Waals surface area contributed by atoms with Crippen LogP contribution in [0.3, 0.4) is 0 Å². The van der Waals surface area contributed by atoms with Crippen LogP contribution in [-0.2, 0) is 6.42 Å². The number of halogens is 4. The molecule has 0 amide bonds. The van der Waals surface area contributed by atoms with Crippen molar-refractivity contribution in [2.45, 2.75) is 37.4 Å². The molecule has 8 heteroatoms. The van der Waals surface area contributed by atoms with Crippen molar-refractivity contribution >= 4 is 16.6 Å². The quantitative estimate of drug-likeness (QED) is 0.301. The number of nitrogens with zero attached hydrogens (tertiary/aromatic N) is 2. The van der Waals surface area contributed by atoms with Gasteiger partial charge in [-0.25, -0.2) is 13.2 Å². The van der Waals surface area contributed by atoms with Crippen molar-refractivity contribution in [3.8, 4) is 0 Å². The van der Waals surface area contributed by atoms with E-state index in [1.807, 2.05) is 29.2 Å². The third-order valence-corrected chi connectivity index (χ3v) is 7.30. The number of H-pyrrole nitrogens is 1. The summed E-state index contributed by atoms with van der Waals surface area (Å²) in [5.74, 6) is -1.27. The standard InChI is InChI=1S/C27H32F4N4/c1-34(14-12-32-11-4-10-28)18-15-21(29)24(22(30)16-18)26-25-20(19-5-2-3-6-23(19)33-25)7-13-35(26)17-27(31)8-9-27/h2-3,5-6,15-16,26,32-33H,4,7-14,17H2,1H3. The number of hydrogen-bond acceptors (Lipinski definition) is 3. The second kappa shape index (κ2) is 9.82. The van der Waals surface area contributed by atoms with Crippen LogP contribution in [-0.4, -0.2) is 62.0 Å². The molecule has 0 bridgehead atoms. The molecule has 5 rings (SSSR count). The molecular formula is C27H32F4N4. The average molecular weight is 489 g/mol. The van der Waals surface area contributed by atoms with Gasteiger partial charge in [0.1, 0.15) is 17.3 Å². The first-order valence-electron chi connectivity index (χ1n) is 12.4. The molecule has 2 N–H and O–H groups in total. The van der Waals surface area contributed by atoms with E-state index in [-0.39, 0.29) is 18.8 Å². The smallest absolute Gasteiger partial charge is 0.133 e. The topological polar surface area (TPSA) is 34.3 Å². The van der Waals surface area contributed by atoms with Gasteiger partial charge < -0.3 is 15.2 Å². The molecule has 2 heterocycles. The lowest BCUT2D eigenvalue weighted by molar-refractivity contribution is 0.135. The third-order valence-electron chi connectivity index (χ3n) is 7.30. The van der Waals surface area contributed by atoms with Crippen molar-refractivity contribution in [3.63, 3.8) is 0 Å². The maximum absolute atomic E-state index is 15.7. The third kappa shape index (κ3) is 4.91. The van der Waals surface area contributed by atoms with Crippen molar-refractivity contribution in [1.82, 2.24) is 15.2 Å². The van der Waals surface area contributed by atoms with Gasteiger partial charge in [-0.1, -0.05) is 18.2 Å². The minimum Gasteiger partial charge on any atom is -0.373 e. The fourth-order valence-corrected chi connectivity index (χ4v) is 5.19. The number of rotatable bonds is 10. The molecule has 0 saturated heterocycles. The summed E-state index contributed by atoms with van der Waals surface area (Å²) in [5, 5.41) is 4.17. The first kappa shape index (κ1) is 24.1.